The third-order valence-corrected chi connectivity index (χ3v) is 2.47. The molecule has 0 unspecified atom stereocenters. The van der Waals surface area contributed by atoms with Gasteiger partial charge in [0.1, 0.15) is 0 Å². The molecule has 2 aromatic rings. The largest absolute Gasteiger partial charge is 0.478 e. The van der Waals surface area contributed by atoms with Gasteiger partial charge >= 0.3 is 11.9 Å². The molecule has 0 bridgehead atoms. The average Bonchev–Trinajstić information content (AvgIpc) is 2.83. The molecule has 1 heterocycles. The minimum absolute atomic E-state index is 0.190. The van der Waals surface area contributed by atoms with E-state index in [0.29, 0.717) is 5.56 Å². The summed E-state index contributed by atoms with van der Waals surface area (Å²) >= 11 is 0. The lowest BCUT2D eigenvalue weighted by molar-refractivity contribution is 0.0653. The summed E-state index contributed by atoms with van der Waals surface area (Å²) in [7, 11) is 1.57. The van der Waals surface area contributed by atoms with Gasteiger partial charge in [-0.15, -0.1) is 0 Å². The fourth-order valence-corrected chi connectivity index (χ4v) is 1.53. The highest BCUT2D eigenvalue weighted by Gasteiger charge is 2.17. The first-order chi connectivity index (χ1) is 9.82. The number of carbonyl (C=O) groups is 3. The summed E-state index contributed by atoms with van der Waals surface area (Å²) in [6, 6.07) is 8.76. The molecule has 0 fully saturated rings. The van der Waals surface area contributed by atoms with Crippen molar-refractivity contribution in [1.29, 1.82) is 0 Å². The monoisotopic (exact) mass is 290 g/mol. The number of nitrogens with zero attached hydrogens (tertiary/aromatic N) is 1. The van der Waals surface area contributed by atoms with Gasteiger partial charge in [0.05, 0.1) is 11.1 Å². The molecule has 110 valence electrons. The van der Waals surface area contributed by atoms with Crippen LogP contribution in [0.5, 0.6) is 0 Å². The highest BCUT2D eigenvalue weighted by atomic mass is 16.4. The van der Waals surface area contributed by atoms with Crippen LogP contribution in [-0.2, 0) is 7.05 Å². The zero-order valence-electron chi connectivity index (χ0n) is 11.2. The Kier molecular flexibility index (Phi) is 5.24. The molecule has 1 aromatic carbocycles. The maximum absolute atomic E-state index is 10.5. The van der Waals surface area contributed by atoms with Gasteiger partial charge in [0.15, 0.2) is 0 Å². The minimum atomic E-state index is -1.23. The topological polar surface area (TPSA) is 123 Å². The number of hydrogen-bond acceptors (Lipinski definition) is 3. The zero-order valence-corrected chi connectivity index (χ0v) is 11.2. The molecule has 0 spiro atoms. The van der Waals surface area contributed by atoms with Crippen LogP contribution in [-0.4, -0.2) is 32.6 Å². The SMILES string of the molecule is Cn1cc(C(=O)O)c(C(=O)O)c1.NC(=O)c1ccccc1. The van der Waals surface area contributed by atoms with E-state index in [2.05, 4.69) is 0 Å². The second-order valence-corrected chi connectivity index (χ2v) is 4.09. The lowest BCUT2D eigenvalue weighted by Gasteiger charge is -1.89. The van der Waals surface area contributed by atoms with Crippen molar-refractivity contribution in [2.45, 2.75) is 0 Å². The molecule has 0 aliphatic carbocycles. The molecule has 21 heavy (non-hydrogen) atoms. The molecule has 0 aliphatic rings. The fraction of sp³-hybridized carbons (Fsp3) is 0.0714. The van der Waals surface area contributed by atoms with E-state index in [4.69, 9.17) is 15.9 Å². The van der Waals surface area contributed by atoms with Crippen LogP contribution in [0.2, 0.25) is 0 Å². The van der Waals surface area contributed by atoms with Crippen LogP contribution in [0, 0.1) is 0 Å². The third kappa shape index (κ3) is 4.50. The van der Waals surface area contributed by atoms with Crippen LogP contribution in [0.1, 0.15) is 31.1 Å². The Labute approximate surface area is 120 Å². The number of aryl methyl sites for hydroxylation is 1. The zero-order chi connectivity index (χ0) is 16.0. The normalized spacial score (nSPS) is 9.38. The Morgan fingerprint density at radius 3 is 1.67 bits per heavy atom. The van der Waals surface area contributed by atoms with Gasteiger partial charge in [0, 0.05) is 25.0 Å². The van der Waals surface area contributed by atoms with Crippen molar-refractivity contribution in [3.05, 3.63) is 59.4 Å². The van der Waals surface area contributed by atoms with E-state index in [-0.39, 0.29) is 17.0 Å². The van der Waals surface area contributed by atoms with E-state index >= 15 is 0 Å². The number of rotatable bonds is 3. The average molecular weight is 290 g/mol. The van der Waals surface area contributed by atoms with Crippen molar-refractivity contribution in [2.24, 2.45) is 12.8 Å². The number of aromatic carboxylic acids is 2. The molecule has 1 amide bonds. The second kappa shape index (κ2) is 6.90. The molecular formula is C14H14N2O5. The van der Waals surface area contributed by atoms with Crippen LogP contribution < -0.4 is 5.73 Å². The molecule has 0 saturated heterocycles. The van der Waals surface area contributed by atoms with Gasteiger partial charge in [-0.05, 0) is 12.1 Å². The van der Waals surface area contributed by atoms with Crippen molar-refractivity contribution in [3.8, 4) is 0 Å². The summed E-state index contributed by atoms with van der Waals surface area (Å²) in [6.45, 7) is 0. The molecule has 0 saturated carbocycles. The summed E-state index contributed by atoms with van der Waals surface area (Å²) < 4.78 is 1.40. The molecule has 7 heteroatoms. The molecule has 0 atom stereocenters. The molecule has 0 aliphatic heterocycles. The van der Waals surface area contributed by atoms with Crippen molar-refractivity contribution in [2.75, 3.05) is 0 Å². The Morgan fingerprint density at radius 1 is 0.952 bits per heavy atom. The van der Waals surface area contributed by atoms with Gasteiger partial charge in [-0.2, -0.15) is 0 Å². The standard InChI is InChI=1S/C7H7NO4.C7H7NO/c1-8-2-4(6(9)10)5(3-8)7(11)12;8-7(9)6-4-2-1-3-5-6/h2-3H,1H3,(H,9,10)(H,11,12);1-5H,(H2,8,9). The van der Waals surface area contributed by atoms with Gasteiger partial charge < -0.3 is 20.5 Å². The summed E-state index contributed by atoms with van der Waals surface area (Å²) in [5.41, 5.74) is 5.15. The van der Waals surface area contributed by atoms with Crippen molar-refractivity contribution < 1.29 is 24.6 Å². The number of benzene rings is 1. The third-order valence-electron chi connectivity index (χ3n) is 2.47. The van der Waals surface area contributed by atoms with Crippen LogP contribution in [0.4, 0.5) is 0 Å². The Hall–Kier alpha value is -3.09. The van der Waals surface area contributed by atoms with Crippen molar-refractivity contribution >= 4 is 17.8 Å². The molecule has 0 radical (unpaired) electrons. The maximum atomic E-state index is 10.5. The molecule has 1 aromatic heterocycles. The first-order valence-electron chi connectivity index (χ1n) is 5.80. The molecule has 4 N–H and O–H groups in total. The number of primary amides is 1. The Balaban J connectivity index is 0.000000219. The van der Waals surface area contributed by atoms with Crippen molar-refractivity contribution in [3.63, 3.8) is 0 Å². The molecular weight excluding hydrogens is 276 g/mol. The van der Waals surface area contributed by atoms with E-state index in [1.807, 2.05) is 6.07 Å². The number of hydrogen-bond donors (Lipinski definition) is 3. The van der Waals surface area contributed by atoms with Crippen LogP contribution in [0.25, 0.3) is 0 Å². The smallest absolute Gasteiger partial charge is 0.338 e. The Morgan fingerprint density at radius 2 is 1.38 bits per heavy atom. The van der Waals surface area contributed by atoms with Gasteiger partial charge in [-0.25, -0.2) is 9.59 Å². The number of carbonyl (C=O) groups excluding carboxylic acids is 1. The summed E-state index contributed by atoms with van der Waals surface area (Å²) in [4.78, 5) is 31.3. The fourth-order valence-electron chi connectivity index (χ4n) is 1.53. The lowest BCUT2D eigenvalue weighted by Crippen LogP contribution is -2.09. The number of carboxylic acids is 2. The van der Waals surface area contributed by atoms with Gasteiger partial charge in [-0.1, -0.05) is 18.2 Å². The maximum Gasteiger partial charge on any atom is 0.338 e. The Bertz CT molecular complexity index is 630. The first-order valence-corrected chi connectivity index (χ1v) is 5.80. The predicted octanol–water partition coefficient (Wildman–Crippen LogP) is 1.21. The quantitative estimate of drug-likeness (QED) is 0.784. The number of nitrogens with two attached hydrogens (primary N) is 1. The van der Waals surface area contributed by atoms with E-state index < -0.39 is 11.9 Å². The van der Waals surface area contributed by atoms with Gasteiger partial charge in [0.2, 0.25) is 5.91 Å². The van der Waals surface area contributed by atoms with Crippen LogP contribution in [0.15, 0.2) is 42.7 Å². The number of aromatic nitrogens is 1. The number of amides is 1. The predicted molar refractivity (Wildman–Crippen MR) is 74.3 cm³/mol. The van der Waals surface area contributed by atoms with E-state index in [1.165, 1.54) is 17.0 Å². The van der Waals surface area contributed by atoms with Crippen LogP contribution >= 0.6 is 0 Å². The molecule has 7 nitrogen and oxygen atoms in total. The minimum Gasteiger partial charge on any atom is -0.478 e. The number of carboxylic acid groups (broad SMARTS) is 2. The highest BCUT2D eigenvalue weighted by Crippen LogP contribution is 2.09. The lowest BCUT2D eigenvalue weighted by atomic mass is 10.2. The van der Waals surface area contributed by atoms with E-state index in [9.17, 15) is 14.4 Å². The van der Waals surface area contributed by atoms with Crippen molar-refractivity contribution in [1.82, 2.24) is 4.57 Å². The van der Waals surface area contributed by atoms with Gasteiger partial charge in [-0.3, -0.25) is 4.79 Å². The van der Waals surface area contributed by atoms with E-state index in [1.54, 1.807) is 31.3 Å². The second-order valence-electron chi connectivity index (χ2n) is 4.09. The summed E-state index contributed by atoms with van der Waals surface area (Å²) in [5, 5.41) is 17.1. The summed E-state index contributed by atoms with van der Waals surface area (Å²) in [6.07, 6.45) is 2.51. The van der Waals surface area contributed by atoms with Gasteiger partial charge in [0.25, 0.3) is 0 Å². The summed E-state index contributed by atoms with van der Waals surface area (Å²) in [5.74, 6) is -2.84. The van der Waals surface area contributed by atoms with E-state index in [0.717, 1.165) is 0 Å². The van der Waals surface area contributed by atoms with Crippen LogP contribution in [0.3, 0.4) is 0 Å². The molecule has 2 rings (SSSR count). The highest BCUT2D eigenvalue weighted by molar-refractivity contribution is 6.01. The first kappa shape index (κ1) is 16.0.